The van der Waals surface area contributed by atoms with Crippen LogP contribution in [0, 0.1) is 0 Å². The van der Waals surface area contributed by atoms with Crippen LogP contribution in [0.15, 0.2) is 120 Å². The molecule has 0 radical (unpaired) electrons. The van der Waals surface area contributed by atoms with Gasteiger partial charge < -0.3 is 33.6 Å². The highest BCUT2D eigenvalue weighted by Gasteiger charge is 2.45. The van der Waals surface area contributed by atoms with Crippen LogP contribution >= 0.6 is 0 Å². The first kappa shape index (κ1) is 35.3. The van der Waals surface area contributed by atoms with Gasteiger partial charge >= 0.3 is 0 Å². The second-order valence-corrected chi connectivity index (χ2v) is 14.8. The van der Waals surface area contributed by atoms with E-state index in [4.69, 9.17) is 4.74 Å². The first-order valence-electron chi connectivity index (χ1n) is 18.1. The van der Waals surface area contributed by atoms with E-state index in [0.717, 1.165) is 13.1 Å². The van der Waals surface area contributed by atoms with E-state index in [1.807, 2.05) is 0 Å². The summed E-state index contributed by atoms with van der Waals surface area (Å²) in [6.45, 7) is 17.4. The van der Waals surface area contributed by atoms with Crippen molar-refractivity contribution in [2.24, 2.45) is 0 Å². The number of unbranched alkanes of at least 4 members (excludes halogenated alkanes) is 2. The molecule has 3 nitrogen and oxygen atoms in total. The molecule has 0 amide bonds. The van der Waals surface area contributed by atoms with Crippen molar-refractivity contribution in [3.63, 3.8) is 0 Å². The van der Waals surface area contributed by atoms with Crippen molar-refractivity contribution < 1.29 is 33.3 Å². The number of fused-ring (bicyclic) bond motifs is 6. The Morgan fingerprint density at radius 1 is 0.735 bits per heavy atom. The Hall–Kier alpha value is -3.48. The summed E-state index contributed by atoms with van der Waals surface area (Å²) in [5.74, 6) is 0. The van der Waals surface area contributed by atoms with E-state index in [-0.39, 0.29) is 34.8 Å². The van der Waals surface area contributed by atoms with Crippen LogP contribution in [0.1, 0.15) is 78.4 Å². The fourth-order valence-electron chi connectivity index (χ4n) is 8.36. The predicted octanol–water partition coefficient (Wildman–Crippen LogP) is 8.09. The summed E-state index contributed by atoms with van der Waals surface area (Å²) >= 11 is 0. The Labute approximate surface area is 310 Å². The summed E-state index contributed by atoms with van der Waals surface area (Å²) in [6, 6.07) is 26.9. The van der Waals surface area contributed by atoms with Crippen LogP contribution in [0.2, 0.25) is 0 Å². The highest BCUT2D eigenvalue weighted by atomic mass is 127. The second-order valence-electron chi connectivity index (χ2n) is 14.8. The number of allylic oxidation sites excluding steroid dienone is 4. The van der Waals surface area contributed by atoms with Crippen molar-refractivity contribution in [1.29, 1.82) is 0 Å². The maximum absolute atomic E-state index is 6.20. The van der Waals surface area contributed by atoms with Crippen LogP contribution in [0.4, 0.5) is 11.4 Å². The number of rotatable bonds is 9. The van der Waals surface area contributed by atoms with E-state index in [9.17, 15) is 0 Å². The number of benzene rings is 4. The molecule has 0 bridgehead atoms. The molecule has 3 aliphatic heterocycles. The molecule has 0 saturated carbocycles. The molecule has 0 fully saturated rings. The Balaban J connectivity index is 0.00000417. The molecule has 3 heterocycles. The molecule has 0 spiro atoms. The van der Waals surface area contributed by atoms with Gasteiger partial charge in [0.15, 0.2) is 5.71 Å². The number of nitrogens with zero attached hydrogens (tertiary/aromatic N) is 2. The van der Waals surface area contributed by atoms with Gasteiger partial charge in [-0.1, -0.05) is 113 Å². The molecule has 0 atom stereocenters. The van der Waals surface area contributed by atoms with Crippen LogP contribution in [0.25, 0.3) is 21.5 Å². The molecule has 4 heteroatoms. The van der Waals surface area contributed by atoms with Gasteiger partial charge in [-0.3, -0.25) is 0 Å². The Morgan fingerprint density at radius 2 is 1.41 bits per heavy atom. The smallest absolute Gasteiger partial charge is 0.210 e. The van der Waals surface area contributed by atoms with Gasteiger partial charge in [-0.05, 0) is 76.7 Å². The van der Waals surface area contributed by atoms with Gasteiger partial charge in [0.2, 0.25) is 5.69 Å². The minimum Gasteiger partial charge on any atom is -1.00 e. The lowest BCUT2D eigenvalue weighted by Crippen LogP contribution is -3.00. The van der Waals surface area contributed by atoms with Gasteiger partial charge in [0.1, 0.15) is 6.54 Å². The lowest BCUT2D eigenvalue weighted by molar-refractivity contribution is -0.438. The van der Waals surface area contributed by atoms with E-state index in [0.29, 0.717) is 13.2 Å². The molecule has 0 saturated heterocycles. The minimum absolute atomic E-state index is 0. The third-order valence-corrected chi connectivity index (χ3v) is 10.8. The minimum atomic E-state index is -0.102. The summed E-state index contributed by atoms with van der Waals surface area (Å²) in [5.41, 5.74) is 10.6. The number of halogens is 1. The van der Waals surface area contributed by atoms with E-state index in [1.54, 1.807) is 0 Å². The molecule has 49 heavy (non-hydrogen) atoms. The van der Waals surface area contributed by atoms with Gasteiger partial charge in [0.25, 0.3) is 0 Å². The van der Waals surface area contributed by atoms with Crippen molar-refractivity contribution >= 4 is 38.6 Å². The second kappa shape index (κ2) is 14.4. The summed E-state index contributed by atoms with van der Waals surface area (Å²) in [4.78, 5) is 2.57. The number of hydrogen-bond acceptors (Lipinski definition) is 2. The molecule has 0 aliphatic carbocycles. The van der Waals surface area contributed by atoms with Crippen LogP contribution in [0.5, 0.6) is 0 Å². The third-order valence-electron chi connectivity index (χ3n) is 10.8. The number of anilines is 1. The van der Waals surface area contributed by atoms with E-state index >= 15 is 0 Å². The van der Waals surface area contributed by atoms with Crippen LogP contribution in [0.3, 0.4) is 0 Å². The Kier molecular flexibility index (Phi) is 10.4. The van der Waals surface area contributed by atoms with Gasteiger partial charge in [0.05, 0.1) is 18.6 Å². The average Bonchev–Trinajstić information content (AvgIpc) is 3.46. The number of hydrogen-bond donors (Lipinski definition) is 0. The highest BCUT2D eigenvalue weighted by Crippen LogP contribution is 2.51. The largest absolute Gasteiger partial charge is 1.00 e. The first-order chi connectivity index (χ1) is 23.3. The molecule has 0 N–H and O–H groups in total. The molecule has 4 aromatic carbocycles. The van der Waals surface area contributed by atoms with Gasteiger partial charge in [-0.2, -0.15) is 4.58 Å². The summed E-state index contributed by atoms with van der Waals surface area (Å²) < 4.78 is 8.77. The fourth-order valence-corrected chi connectivity index (χ4v) is 8.36. The normalized spacial score (nSPS) is 19.6. The van der Waals surface area contributed by atoms with Crippen molar-refractivity contribution in [2.45, 2.75) is 78.1 Å². The Morgan fingerprint density at radius 3 is 2.12 bits per heavy atom. The lowest BCUT2D eigenvalue weighted by Gasteiger charge is -2.27. The summed E-state index contributed by atoms with van der Waals surface area (Å²) in [7, 11) is 0. The van der Waals surface area contributed by atoms with Gasteiger partial charge in [-0.15, -0.1) is 0 Å². The van der Waals surface area contributed by atoms with Crippen molar-refractivity contribution in [3.8, 4) is 0 Å². The van der Waals surface area contributed by atoms with Gasteiger partial charge in [0, 0.05) is 47.5 Å². The molecule has 0 unspecified atom stereocenters. The van der Waals surface area contributed by atoms with Crippen LogP contribution in [-0.2, 0) is 15.6 Å². The maximum atomic E-state index is 6.20. The molecule has 0 aromatic heterocycles. The summed E-state index contributed by atoms with van der Waals surface area (Å²) in [5, 5.41) is 5.35. The van der Waals surface area contributed by atoms with E-state index in [2.05, 4.69) is 154 Å². The molecule has 254 valence electrons. The molecule has 3 aliphatic rings. The van der Waals surface area contributed by atoms with Crippen molar-refractivity contribution in [3.05, 3.63) is 131 Å². The quantitative estimate of drug-likeness (QED) is 0.127. The third kappa shape index (κ3) is 6.36. The molecule has 7 rings (SSSR count). The fraction of sp³-hybridized carbons (Fsp3) is 0.356. The SMILES string of the molecule is CCCCN1/C(=C/C=C2C=C(/C=C/C3=[N+](CCCC)c4ccc5ccccc5c4C3(C)C)COC/2)C(C)(C)c2c1ccc1ccccc21.[I-]. The topological polar surface area (TPSA) is 15.5 Å². The Bertz CT molecular complexity index is 2040. The maximum Gasteiger partial charge on any atom is 0.210 e. The van der Waals surface area contributed by atoms with Crippen LogP contribution < -0.4 is 28.9 Å². The molecule has 4 aromatic rings. The standard InChI is InChI=1S/C45H51N2O.HI/c1-7-9-27-46-38-23-21-34-15-11-13-17-36(34)42(38)44(3,4)40(46)25-19-32-29-33(31-48-30-32)20-26-41-45(5,6)43-37-18-14-12-16-35(37)22-24-39(43)47(41)28-10-8-2;/h11-26,29H,7-10,27-28,30-31H2,1-6H3;1H/q+1;/p-1. The monoisotopic (exact) mass is 762 g/mol. The van der Waals surface area contributed by atoms with Crippen molar-refractivity contribution in [2.75, 3.05) is 31.2 Å². The zero-order valence-corrected chi connectivity index (χ0v) is 32.3. The first-order valence-corrected chi connectivity index (χ1v) is 18.1. The van der Waals surface area contributed by atoms with Gasteiger partial charge in [-0.25, -0.2) is 0 Å². The molecular formula is C45H51IN2O. The number of ether oxygens (including phenoxy) is 1. The molecular weight excluding hydrogens is 711 g/mol. The predicted molar refractivity (Wildman–Crippen MR) is 205 cm³/mol. The zero-order valence-electron chi connectivity index (χ0n) is 30.2. The van der Waals surface area contributed by atoms with E-state index < -0.39 is 0 Å². The summed E-state index contributed by atoms with van der Waals surface area (Å²) in [6.07, 6.45) is 16.4. The average molecular weight is 763 g/mol. The lowest BCUT2D eigenvalue weighted by atomic mass is 9.79. The zero-order chi connectivity index (χ0) is 33.5. The van der Waals surface area contributed by atoms with Crippen LogP contribution in [-0.4, -0.2) is 36.6 Å². The van der Waals surface area contributed by atoms with Crippen molar-refractivity contribution in [1.82, 2.24) is 0 Å². The van der Waals surface area contributed by atoms with E-state index in [1.165, 1.54) is 92.3 Å². The highest BCUT2D eigenvalue weighted by molar-refractivity contribution is 6.07.